The molecule has 0 saturated heterocycles. The summed E-state index contributed by atoms with van der Waals surface area (Å²) in [6.45, 7) is 3.74. The molecular weight excluding hydrogens is 240 g/mol. The lowest BCUT2D eigenvalue weighted by Crippen LogP contribution is -2.06. The maximum absolute atomic E-state index is 11.4. The van der Waals surface area contributed by atoms with Crippen molar-refractivity contribution in [3.63, 3.8) is 0 Å². The monoisotopic (exact) mass is 250 g/mol. The SMILES string of the molecule is CCOC(=O)/C(C#N)=C\c1cc(C)cnc1Cl. The zero-order chi connectivity index (χ0) is 12.8. The van der Waals surface area contributed by atoms with Crippen molar-refractivity contribution in [3.05, 3.63) is 34.1 Å². The van der Waals surface area contributed by atoms with E-state index < -0.39 is 5.97 Å². The van der Waals surface area contributed by atoms with E-state index in [-0.39, 0.29) is 17.3 Å². The lowest BCUT2D eigenvalue weighted by Gasteiger charge is -2.02. The van der Waals surface area contributed by atoms with E-state index >= 15 is 0 Å². The van der Waals surface area contributed by atoms with Crippen molar-refractivity contribution in [2.24, 2.45) is 0 Å². The van der Waals surface area contributed by atoms with Crippen molar-refractivity contribution in [2.75, 3.05) is 6.61 Å². The predicted octanol–water partition coefficient (Wildman–Crippen LogP) is 2.51. The Morgan fingerprint density at radius 1 is 1.71 bits per heavy atom. The summed E-state index contributed by atoms with van der Waals surface area (Å²) in [5.74, 6) is -0.660. The van der Waals surface area contributed by atoms with E-state index in [1.807, 2.05) is 6.92 Å². The van der Waals surface area contributed by atoms with Crippen molar-refractivity contribution < 1.29 is 9.53 Å². The minimum absolute atomic E-state index is 0.0962. The van der Waals surface area contributed by atoms with Crippen LogP contribution in [0.25, 0.3) is 6.08 Å². The molecule has 0 atom stereocenters. The molecule has 5 heteroatoms. The quantitative estimate of drug-likeness (QED) is 0.358. The zero-order valence-corrected chi connectivity index (χ0v) is 10.3. The Kier molecular flexibility index (Phi) is 4.68. The van der Waals surface area contributed by atoms with Crippen LogP contribution in [0.1, 0.15) is 18.1 Å². The van der Waals surface area contributed by atoms with Gasteiger partial charge in [0.25, 0.3) is 0 Å². The second kappa shape index (κ2) is 6.02. The van der Waals surface area contributed by atoms with E-state index in [0.29, 0.717) is 5.56 Å². The Balaban J connectivity index is 3.11. The van der Waals surface area contributed by atoms with Gasteiger partial charge in [-0.15, -0.1) is 0 Å². The molecule has 0 spiro atoms. The van der Waals surface area contributed by atoms with Crippen LogP contribution in [-0.4, -0.2) is 17.6 Å². The normalized spacial score (nSPS) is 10.8. The first-order valence-electron chi connectivity index (χ1n) is 4.99. The van der Waals surface area contributed by atoms with Crippen LogP contribution < -0.4 is 0 Å². The Morgan fingerprint density at radius 2 is 2.41 bits per heavy atom. The second-order valence-corrected chi connectivity index (χ2v) is 3.64. The first kappa shape index (κ1) is 13.2. The van der Waals surface area contributed by atoms with Gasteiger partial charge in [0.2, 0.25) is 0 Å². The fourth-order valence-corrected chi connectivity index (χ4v) is 1.34. The van der Waals surface area contributed by atoms with E-state index in [2.05, 4.69) is 4.98 Å². The Morgan fingerprint density at radius 3 is 3.00 bits per heavy atom. The molecule has 0 amide bonds. The Bertz CT molecular complexity index is 504. The average Bonchev–Trinajstić information content (AvgIpc) is 2.30. The smallest absolute Gasteiger partial charge is 0.348 e. The van der Waals surface area contributed by atoms with Gasteiger partial charge in [0.05, 0.1) is 6.61 Å². The number of nitriles is 1. The van der Waals surface area contributed by atoms with E-state index in [0.717, 1.165) is 5.56 Å². The molecule has 0 aliphatic rings. The molecule has 0 fully saturated rings. The van der Waals surface area contributed by atoms with Crippen molar-refractivity contribution >= 4 is 23.6 Å². The van der Waals surface area contributed by atoms with Gasteiger partial charge in [0.15, 0.2) is 0 Å². The molecule has 0 N–H and O–H groups in total. The summed E-state index contributed by atoms with van der Waals surface area (Å²) in [6, 6.07) is 3.52. The van der Waals surface area contributed by atoms with E-state index in [1.54, 1.807) is 25.3 Å². The fraction of sp³-hybridized carbons (Fsp3) is 0.250. The number of rotatable bonds is 3. The molecule has 1 aromatic rings. The highest BCUT2D eigenvalue weighted by molar-refractivity contribution is 6.31. The van der Waals surface area contributed by atoms with Crippen LogP contribution in [0.4, 0.5) is 0 Å². The van der Waals surface area contributed by atoms with Crippen LogP contribution in [0.2, 0.25) is 5.15 Å². The summed E-state index contributed by atoms with van der Waals surface area (Å²) in [5, 5.41) is 9.11. The molecule has 1 heterocycles. The first-order chi connectivity index (χ1) is 8.08. The van der Waals surface area contributed by atoms with Gasteiger partial charge in [-0.1, -0.05) is 11.6 Å². The molecule has 0 aliphatic heterocycles. The number of ether oxygens (including phenoxy) is 1. The highest BCUT2D eigenvalue weighted by Gasteiger charge is 2.11. The number of esters is 1. The van der Waals surface area contributed by atoms with Crippen LogP contribution in [0, 0.1) is 18.3 Å². The molecule has 0 saturated carbocycles. The maximum atomic E-state index is 11.4. The molecule has 88 valence electrons. The van der Waals surface area contributed by atoms with Gasteiger partial charge < -0.3 is 4.74 Å². The zero-order valence-electron chi connectivity index (χ0n) is 9.53. The lowest BCUT2D eigenvalue weighted by atomic mass is 10.1. The van der Waals surface area contributed by atoms with Gasteiger partial charge >= 0.3 is 5.97 Å². The van der Waals surface area contributed by atoms with E-state index in [4.69, 9.17) is 21.6 Å². The van der Waals surface area contributed by atoms with Crippen LogP contribution in [0.15, 0.2) is 17.8 Å². The molecule has 17 heavy (non-hydrogen) atoms. The third-order valence-electron chi connectivity index (χ3n) is 1.92. The average molecular weight is 251 g/mol. The number of carbonyl (C=O) groups is 1. The summed E-state index contributed by atoms with van der Waals surface area (Å²) in [6.07, 6.45) is 2.98. The Hall–Kier alpha value is -1.86. The van der Waals surface area contributed by atoms with Crippen LogP contribution in [0.3, 0.4) is 0 Å². The molecular formula is C12H11ClN2O2. The highest BCUT2D eigenvalue weighted by atomic mass is 35.5. The molecule has 0 bridgehead atoms. The Labute approximate surface area is 104 Å². The maximum Gasteiger partial charge on any atom is 0.348 e. The molecule has 4 nitrogen and oxygen atoms in total. The summed E-state index contributed by atoms with van der Waals surface area (Å²) in [5.41, 5.74) is 1.32. The van der Waals surface area contributed by atoms with Gasteiger partial charge in [-0.2, -0.15) is 5.26 Å². The third kappa shape index (κ3) is 3.58. The van der Waals surface area contributed by atoms with Gasteiger partial charge in [0, 0.05) is 11.8 Å². The summed E-state index contributed by atoms with van der Waals surface area (Å²) in [7, 11) is 0. The molecule has 0 unspecified atom stereocenters. The summed E-state index contributed by atoms with van der Waals surface area (Å²) < 4.78 is 4.74. The van der Waals surface area contributed by atoms with Crippen LogP contribution in [0.5, 0.6) is 0 Å². The van der Waals surface area contributed by atoms with Crippen LogP contribution >= 0.6 is 11.6 Å². The van der Waals surface area contributed by atoms with Crippen molar-refractivity contribution in [3.8, 4) is 6.07 Å². The second-order valence-electron chi connectivity index (χ2n) is 3.28. The number of halogens is 1. The summed E-state index contributed by atoms with van der Waals surface area (Å²) in [4.78, 5) is 15.3. The van der Waals surface area contributed by atoms with Crippen LogP contribution in [-0.2, 0) is 9.53 Å². The van der Waals surface area contributed by atoms with Crippen molar-refractivity contribution in [2.45, 2.75) is 13.8 Å². The molecule has 0 aromatic carbocycles. The van der Waals surface area contributed by atoms with Crippen molar-refractivity contribution in [1.29, 1.82) is 5.26 Å². The third-order valence-corrected chi connectivity index (χ3v) is 2.23. The summed E-state index contributed by atoms with van der Waals surface area (Å²) >= 11 is 5.86. The van der Waals surface area contributed by atoms with Gasteiger partial charge in [-0.05, 0) is 31.6 Å². The molecule has 1 rings (SSSR count). The number of aryl methyl sites for hydroxylation is 1. The fourth-order valence-electron chi connectivity index (χ4n) is 1.18. The molecule has 0 aliphatic carbocycles. The predicted molar refractivity (Wildman–Crippen MR) is 64.2 cm³/mol. The first-order valence-corrected chi connectivity index (χ1v) is 5.37. The van der Waals surface area contributed by atoms with Gasteiger partial charge in [0.1, 0.15) is 16.8 Å². The molecule has 0 radical (unpaired) electrons. The number of aromatic nitrogens is 1. The standard InChI is InChI=1S/C12H11ClN2O2/c1-3-17-12(16)10(6-14)5-9-4-8(2)7-15-11(9)13/h4-5,7H,3H2,1-2H3/b10-5-. The lowest BCUT2D eigenvalue weighted by molar-refractivity contribution is -0.137. The molecule has 1 aromatic heterocycles. The van der Waals surface area contributed by atoms with E-state index in [9.17, 15) is 4.79 Å². The number of hydrogen-bond donors (Lipinski definition) is 0. The minimum Gasteiger partial charge on any atom is -0.462 e. The van der Waals surface area contributed by atoms with Gasteiger partial charge in [-0.25, -0.2) is 9.78 Å². The topological polar surface area (TPSA) is 63.0 Å². The van der Waals surface area contributed by atoms with E-state index in [1.165, 1.54) is 6.08 Å². The number of hydrogen-bond acceptors (Lipinski definition) is 4. The number of carbonyl (C=O) groups excluding carboxylic acids is 1. The van der Waals surface area contributed by atoms with Gasteiger partial charge in [-0.3, -0.25) is 0 Å². The highest BCUT2D eigenvalue weighted by Crippen LogP contribution is 2.17. The largest absolute Gasteiger partial charge is 0.462 e. The number of nitrogens with zero attached hydrogens (tertiary/aromatic N) is 2. The number of pyridine rings is 1. The van der Waals surface area contributed by atoms with Crippen molar-refractivity contribution in [1.82, 2.24) is 4.98 Å². The minimum atomic E-state index is -0.660.